The van der Waals surface area contributed by atoms with Gasteiger partial charge in [-0.1, -0.05) is 30.3 Å². The molecule has 0 radical (unpaired) electrons. The molecule has 2 aromatic carbocycles. The van der Waals surface area contributed by atoms with Crippen LogP contribution in [0.15, 0.2) is 59.1 Å². The number of ether oxygens (including phenoxy) is 1. The molecule has 1 aliphatic heterocycles. The van der Waals surface area contributed by atoms with E-state index >= 15 is 0 Å². The van der Waals surface area contributed by atoms with Gasteiger partial charge in [-0.3, -0.25) is 4.90 Å². The summed E-state index contributed by atoms with van der Waals surface area (Å²) in [5.74, 6) is 1.59. The summed E-state index contributed by atoms with van der Waals surface area (Å²) in [6.07, 6.45) is 1.59. The monoisotopic (exact) mass is 439 g/mol. The molecular formula is C21H24Cl2FN3O2. The zero-order chi connectivity index (χ0) is 18.6. The lowest BCUT2D eigenvalue weighted by molar-refractivity contribution is 0.138. The van der Waals surface area contributed by atoms with Crippen LogP contribution < -0.4 is 10.1 Å². The molecule has 1 saturated heterocycles. The van der Waals surface area contributed by atoms with Crippen LogP contribution in [0.5, 0.6) is 5.75 Å². The van der Waals surface area contributed by atoms with Gasteiger partial charge in [-0.05, 0) is 18.2 Å². The molecule has 1 atom stereocenters. The van der Waals surface area contributed by atoms with E-state index in [1.807, 2.05) is 18.2 Å². The van der Waals surface area contributed by atoms with Crippen molar-refractivity contribution in [1.82, 2.24) is 15.2 Å². The van der Waals surface area contributed by atoms with Crippen LogP contribution >= 0.6 is 24.8 Å². The first-order valence-corrected chi connectivity index (χ1v) is 9.03. The fraction of sp³-hybridized carbons (Fsp3) is 0.286. The van der Waals surface area contributed by atoms with Gasteiger partial charge >= 0.3 is 0 Å². The molecule has 1 fully saturated rings. The number of hydrogen-bond donors (Lipinski definition) is 1. The van der Waals surface area contributed by atoms with E-state index in [1.54, 1.807) is 31.5 Å². The lowest BCUT2D eigenvalue weighted by Crippen LogP contribution is -2.45. The summed E-state index contributed by atoms with van der Waals surface area (Å²) in [6.45, 7) is 3.13. The maximum atomic E-state index is 14.0. The zero-order valence-electron chi connectivity index (χ0n) is 16.0. The topological polar surface area (TPSA) is 50.5 Å². The summed E-state index contributed by atoms with van der Waals surface area (Å²) in [7, 11) is 1.69. The number of halogens is 3. The molecular weight excluding hydrogens is 416 g/mol. The second-order valence-electron chi connectivity index (χ2n) is 6.53. The van der Waals surface area contributed by atoms with E-state index in [0.717, 1.165) is 30.9 Å². The Morgan fingerprint density at radius 3 is 2.72 bits per heavy atom. The highest BCUT2D eigenvalue weighted by Crippen LogP contribution is 2.31. The third kappa shape index (κ3) is 5.08. The summed E-state index contributed by atoms with van der Waals surface area (Å²) in [4.78, 5) is 6.68. The van der Waals surface area contributed by atoms with Gasteiger partial charge in [0, 0.05) is 25.2 Å². The minimum absolute atomic E-state index is 0. The SMILES string of the molecule is COc1ccccc1C1CNCCN1Cc1ncc(-c2ccccc2F)o1.Cl.Cl. The first-order chi connectivity index (χ1) is 13.3. The molecule has 1 aliphatic rings. The van der Waals surface area contributed by atoms with Gasteiger partial charge in [0.1, 0.15) is 11.6 Å². The molecule has 2 heterocycles. The molecule has 3 aromatic rings. The summed E-state index contributed by atoms with van der Waals surface area (Å²) < 4.78 is 25.4. The Morgan fingerprint density at radius 2 is 1.93 bits per heavy atom. The van der Waals surface area contributed by atoms with E-state index in [4.69, 9.17) is 9.15 Å². The van der Waals surface area contributed by atoms with Crippen LogP contribution in [0.3, 0.4) is 0 Å². The molecule has 156 valence electrons. The first kappa shape index (κ1) is 23.2. The van der Waals surface area contributed by atoms with E-state index in [1.165, 1.54) is 6.07 Å². The Bertz CT molecular complexity index is 922. The van der Waals surface area contributed by atoms with Crippen molar-refractivity contribution in [2.75, 3.05) is 26.7 Å². The molecule has 1 unspecified atom stereocenters. The van der Waals surface area contributed by atoms with Gasteiger partial charge in [-0.25, -0.2) is 9.37 Å². The van der Waals surface area contributed by atoms with Crippen LogP contribution in [0.1, 0.15) is 17.5 Å². The number of methoxy groups -OCH3 is 1. The van der Waals surface area contributed by atoms with Gasteiger partial charge in [0.25, 0.3) is 0 Å². The lowest BCUT2D eigenvalue weighted by Gasteiger charge is -2.36. The van der Waals surface area contributed by atoms with Gasteiger partial charge in [0.15, 0.2) is 5.76 Å². The van der Waals surface area contributed by atoms with Crippen molar-refractivity contribution in [3.05, 3.63) is 72.0 Å². The number of nitrogens with one attached hydrogen (secondary N) is 1. The maximum absolute atomic E-state index is 14.0. The van der Waals surface area contributed by atoms with E-state index < -0.39 is 0 Å². The molecule has 4 rings (SSSR count). The second-order valence-corrected chi connectivity index (χ2v) is 6.53. The van der Waals surface area contributed by atoms with Crippen LogP contribution in [0.2, 0.25) is 0 Å². The molecule has 0 bridgehead atoms. The van der Waals surface area contributed by atoms with Gasteiger partial charge in [0.05, 0.1) is 31.5 Å². The normalized spacial score (nSPS) is 16.6. The molecule has 0 saturated carbocycles. The van der Waals surface area contributed by atoms with Crippen LogP contribution in [0, 0.1) is 5.82 Å². The van der Waals surface area contributed by atoms with Crippen LogP contribution in [-0.2, 0) is 6.54 Å². The number of oxazole rings is 1. The standard InChI is InChI=1S/C21H22FN3O2.2ClH/c1-26-19-9-5-3-7-16(19)18-12-23-10-11-25(18)14-21-24-13-20(27-21)15-6-2-4-8-17(15)22;;/h2-9,13,18,23H,10-12,14H2,1H3;2*1H. The largest absolute Gasteiger partial charge is 0.496 e. The number of hydrogen-bond acceptors (Lipinski definition) is 5. The third-order valence-corrected chi connectivity index (χ3v) is 4.88. The highest BCUT2D eigenvalue weighted by molar-refractivity contribution is 5.85. The number of piperazine rings is 1. The third-order valence-electron chi connectivity index (χ3n) is 4.88. The Morgan fingerprint density at radius 1 is 1.17 bits per heavy atom. The van der Waals surface area contributed by atoms with Crippen LogP contribution in [-0.4, -0.2) is 36.6 Å². The number of para-hydroxylation sites is 1. The van der Waals surface area contributed by atoms with E-state index in [-0.39, 0.29) is 36.7 Å². The fourth-order valence-electron chi connectivity index (χ4n) is 3.53. The second kappa shape index (κ2) is 10.6. The molecule has 0 aliphatic carbocycles. The summed E-state index contributed by atoms with van der Waals surface area (Å²) in [6, 6.07) is 14.8. The molecule has 8 heteroatoms. The zero-order valence-corrected chi connectivity index (χ0v) is 17.6. The van der Waals surface area contributed by atoms with E-state index in [0.29, 0.717) is 23.8 Å². The molecule has 1 N–H and O–H groups in total. The average molecular weight is 440 g/mol. The molecule has 0 spiro atoms. The first-order valence-electron chi connectivity index (χ1n) is 9.03. The number of rotatable bonds is 5. The highest BCUT2D eigenvalue weighted by atomic mass is 35.5. The summed E-state index contributed by atoms with van der Waals surface area (Å²) >= 11 is 0. The highest BCUT2D eigenvalue weighted by Gasteiger charge is 2.27. The number of nitrogens with zero attached hydrogens (tertiary/aromatic N) is 2. The van der Waals surface area contributed by atoms with Gasteiger partial charge < -0.3 is 14.5 Å². The lowest BCUT2D eigenvalue weighted by atomic mass is 10.0. The Hall–Kier alpha value is -2.12. The molecule has 0 amide bonds. The minimum Gasteiger partial charge on any atom is -0.496 e. The number of aromatic nitrogens is 1. The predicted octanol–water partition coefficient (Wildman–Crippen LogP) is 4.48. The van der Waals surface area contributed by atoms with E-state index in [9.17, 15) is 4.39 Å². The summed E-state index contributed by atoms with van der Waals surface area (Å²) in [5.41, 5.74) is 1.56. The number of benzene rings is 2. The van der Waals surface area contributed by atoms with Crippen molar-refractivity contribution in [3.63, 3.8) is 0 Å². The van der Waals surface area contributed by atoms with Crippen molar-refractivity contribution < 1.29 is 13.5 Å². The van der Waals surface area contributed by atoms with Gasteiger partial charge in [-0.15, -0.1) is 24.8 Å². The van der Waals surface area contributed by atoms with Crippen molar-refractivity contribution in [1.29, 1.82) is 0 Å². The summed E-state index contributed by atoms with van der Waals surface area (Å²) in [5, 5.41) is 3.44. The van der Waals surface area contributed by atoms with Gasteiger partial charge in [-0.2, -0.15) is 0 Å². The Balaban J connectivity index is 0.00000150. The quantitative estimate of drug-likeness (QED) is 0.634. The maximum Gasteiger partial charge on any atom is 0.209 e. The van der Waals surface area contributed by atoms with Crippen molar-refractivity contribution in [3.8, 4) is 17.1 Å². The van der Waals surface area contributed by atoms with E-state index in [2.05, 4.69) is 21.3 Å². The van der Waals surface area contributed by atoms with Crippen molar-refractivity contribution in [2.24, 2.45) is 0 Å². The molecule has 29 heavy (non-hydrogen) atoms. The minimum atomic E-state index is -0.311. The Kier molecular flexibility index (Phi) is 8.46. The molecule has 1 aromatic heterocycles. The fourth-order valence-corrected chi connectivity index (χ4v) is 3.53. The van der Waals surface area contributed by atoms with Crippen molar-refractivity contribution >= 4 is 24.8 Å². The van der Waals surface area contributed by atoms with Gasteiger partial charge in [0.2, 0.25) is 5.89 Å². The predicted molar refractivity (Wildman–Crippen MR) is 115 cm³/mol. The van der Waals surface area contributed by atoms with Crippen molar-refractivity contribution in [2.45, 2.75) is 12.6 Å². The average Bonchev–Trinajstić information content (AvgIpc) is 3.17. The molecule has 5 nitrogen and oxygen atoms in total. The van der Waals surface area contributed by atoms with Crippen LogP contribution in [0.25, 0.3) is 11.3 Å². The smallest absolute Gasteiger partial charge is 0.209 e. The van der Waals surface area contributed by atoms with Crippen LogP contribution in [0.4, 0.5) is 4.39 Å². The Labute approximate surface area is 182 Å².